The molecule has 1 fully saturated rings. The van der Waals surface area contributed by atoms with Gasteiger partial charge in [0.15, 0.2) is 14.6 Å². The van der Waals surface area contributed by atoms with E-state index in [1.54, 1.807) is 0 Å². The minimum atomic E-state index is -2.10. The van der Waals surface area contributed by atoms with Gasteiger partial charge in [-0.25, -0.2) is 0 Å². The zero-order valence-electron chi connectivity index (χ0n) is 23.3. The van der Waals surface area contributed by atoms with Crippen LogP contribution in [0.5, 0.6) is 0 Å². The first kappa shape index (κ1) is 29.6. The molecule has 0 saturated carbocycles. The number of terminal acetylenes is 1. The van der Waals surface area contributed by atoms with E-state index >= 15 is 0 Å². The molecule has 0 bridgehead atoms. The Kier molecular flexibility index (Phi) is 11.4. The Hall–Kier alpha value is -1.98. The maximum Gasteiger partial charge on any atom is 0.200 e. The topological polar surface area (TPSA) is 46.2 Å². The van der Waals surface area contributed by atoms with Crippen molar-refractivity contribution in [3.8, 4) is 12.3 Å². The number of ether oxygens (including phenoxy) is 4. The molecule has 0 radical (unpaired) electrons. The lowest BCUT2D eigenvalue weighted by molar-refractivity contribution is -0.176. The molecule has 2 aromatic rings. The minimum absolute atomic E-state index is 0.136. The molecule has 0 N–H and O–H groups in total. The van der Waals surface area contributed by atoms with Crippen molar-refractivity contribution < 1.29 is 23.4 Å². The first-order valence-corrected chi connectivity index (χ1v) is 15.6. The Bertz CT molecular complexity index is 935. The summed E-state index contributed by atoms with van der Waals surface area (Å²) in [5.41, 5.74) is 3.57. The zero-order valence-corrected chi connectivity index (χ0v) is 24.3. The predicted molar refractivity (Wildman–Crippen MR) is 150 cm³/mol. The Morgan fingerprint density at radius 1 is 0.757 bits per heavy atom. The highest BCUT2D eigenvalue weighted by atomic mass is 28.4. The summed E-state index contributed by atoms with van der Waals surface area (Å²) in [4.78, 5) is 0. The van der Waals surface area contributed by atoms with Gasteiger partial charge >= 0.3 is 0 Å². The fourth-order valence-electron chi connectivity index (χ4n) is 5.73. The highest BCUT2D eigenvalue weighted by Crippen LogP contribution is 2.43. The van der Waals surface area contributed by atoms with Crippen LogP contribution >= 0.6 is 0 Å². The largest absolute Gasteiger partial charge is 0.413 e. The Morgan fingerprint density at radius 2 is 1.24 bits per heavy atom. The average Bonchev–Trinajstić information content (AvgIpc) is 3.22. The monoisotopic (exact) mass is 524 g/mol. The van der Waals surface area contributed by atoms with E-state index in [0.717, 1.165) is 11.1 Å². The van der Waals surface area contributed by atoms with Crippen molar-refractivity contribution in [2.45, 2.75) is 96.0 Å². The molecule has 5 nitrogen and oxygen atoms in total. The van der Waals surface area contributed by atoms with E-state index in [4.69, 9.17) is 29.8 Å². The SMILES string of the molecule is C#CCO[C@H]1O[C@H](CO[Si](C(C)C)(C(C)C)C(C)C)[C@@H](OCc2ccccc2)[C@H]1OCc1ccccc1. The van der Waals surface area contributed by atoms with E-state index in [1.165, 1.54) is 0 Å². The van der Waals surface area contributed by atoms with Crippen LogP contribution in [-0.2, 0) is 36.6 Å². The molecule has 2 aromatic carbocycles. The summed E-state index contributed by atoms with van der Waals surface area (Å²) in [7, 11) is -2.10. The van der Waals surface area contributed by atoms with Gasteiger partial charge < -0.3 is 23.4 Å². The molecule has 0 aromatic heterocycles. The number of hydrogen-bond acceptors (Lipinski definition) is 5. The van der Waals surface area contributed by atoms with Crippen molar-refractivity contribution in [1.82, 2.24) is 0 Å². The Morgan fingerprint density at radius 3 is 1.70 bits per heavy atom. The van der Waals surface area contributed by atoms with Crippen LogP contribution in [0.15, 0.2) is 60.7 Å². The van der Waals surface area contributed by atoms with Crippen LogP contribution in [0, 0.1) is 12.3 Å². The first-order chi connectivity index (χ1) is 17.8. The second-order valence-corrected chi connectivity index (χ2v) is 16.2. The van der Waals surface area contributed by atoms with Gasteiger partial charge in [-0.05, 0) is 27.8 Å². The van der Waals surface area contributed by atoms with Gasteiger partial charge in [0.1, 0.15) is 24.9 Å². The fourth-order valence-corrected chi connectivity index (χ4v) is 11.2. The lowest BCUT2D eigenvalue weighted by Gasteiger charge is -2.43. The molecular formula is C31H44O5Si. The molecule has 0 aliphatic carbocycles. The van der Waals surface area contributed by atoms with Crippen molar-refractivity contribution in [2.75, 3.05) is 13.2 Å². The van der Waals surface area contributed by atoms with E-state index in [0.29, 0.717) is 36.4 Å². The third kappa shape index (κ3) is 7.54. The average molecular weight is 525 g/mol. The number of benzene rings is 2. The van der Waals surface area contributed by atoms with Crippen molar-refractivity contribution >= 4 is 8.32 Å². The van der Waals surface area contributed by atoms with Crippen molar-refractivity contribution in [3.05, 3.63) is 71.8 Å². The lowest BCUT2D eigenvalue weighted by atomic mass is 10.1. The molecule has 6 heteroatoms. The first-order valence-electron chi connectivity index (χ1n) is 13.4. The molecule has 202 valence electrons. The van der Waals surface area contributed by atoms with Crippen LogP contribution in [0.1, 0.15) is 52.7 Å². The molecule has 1 heterocycles. The lowest BCUT2D eigenvalue weighted by Crippen LogP contribution is -2.50. The maximum absolute atomic E-state index is 6.93. The van der Waals surface area contributed by atoms with E-state index in [-0.39, 0.29) is 18.8 Å². The number of hydrogen-bond donors (Lipinski definition) is 0. The maximum atomic E-state index is 6.93. The third-order valence-corrected chi connectivity index (χ3v) is 13.5. The van der Waals surface area contributed by atoms with Crippen molar-refractivity contribution in [3.63, 3.8) is 0 Å². The molecule has 37 heavy (non-hydrogen) atoms. The molecule has 0 amide bonds. The van der Waals surface area contributed by atoms with Crippen molar-refractivity contribution in [1.29, 1.82) is 0 Å². The Labute approximate surface area is 224 Å². The third-order valence-electron chi connectivity index (χ3n) is 7.37. The summed E-state index contributed by atoms with van der Waals surface area (Å²) in [5.74, 6) is 2.55. The molecule has 3 rings (SSSR count). The van der Waals surface area contributed by atoms with E-state index in [9.17, 15) is 0 Å². The normalized spacial score (nSPS) is 22.2. The van der Waals surface area contributed by atoms with Crippen LogP contribution in [0.4, 0.5) is 0 Å². The van der Waals surface area contributed by atoms with Crippen LogP contribution in [0.2, 0.25) is 16.6 Å². The summed E-state index contributed by atoms with van der Waals surface area (Å²) < 4.78 is 32.2. The standard InChI is InChI=1S/C31H44O5Si/c1-8-19-32-31-30(34-21-27-17-13-10-14-18-27)29(33-20-26-15-11-9-12-16-26)28(36-31)22-35-37(23(2)3,24(4)5)25(6)7/h1,9-18,23-25,28-31H,19-22H2,2-7H3/t28-,29-,30-,31+/m1/s1. The number of rotatable bonds is 14. The molecular weight excluding hydrogens is 480 g/mol. The summed E-state index contributed by atoms with van der Waals surface area (Å²) in [6.07, 6.45) is 3.72. The predicted octanol–water partition coefficient (Wildman–Crippen LogP) is 6.72. The van der Waals surface area contributed by atoms with Crippen molar-refractivity contribution in [2.24, 2.45) is 0 Å². The quantitative estimate of drug-likeness (QED) is 0.203. The Balaban J connectivity index is 1.84. The van der Waals surface area contributed by atoms with E-state index in [2.05, 4.69) is 59.6 Å². The fraction of sp³-hybridized carbons (Fsp3) is 0.548. The second kappa shape index (κ2) is 14.2. The van der Waals surface area contributed by atoms with Gasteiger partial charge in [-0.1, -0.05) is 108 Å². The van der Waals surface area contributed by atoms with Crippen LogP contribution in [-0.4, -0.2) is 46.1 Å². The minimum Gasteiger partial charge on any atom is -0.413 e. The summed E-state index contributed by atoms with van der Waals surface area (Å²) in [5, 5.41) is 0. The van der Waals surface area contributed by atoms with Gasteiger partial charge in [0.2, 0.25) is 0 Å². The zero-order chi connectivity index (χ0) is 26.8. The smallest absolute Gasteiger partial charge is 0.200 e. The summed E-state index contributed by atoms with van der Waals surface area (Å²) >= 11 is 0. The molecule has 1 aliphatic heterocycles. The second-order valence-electron chi connectivity index (χ2n) is 10.7. The molecule has 0 unspecified atom stereocenters. The summed E-state index contributed by atoms with van der Waals surface area (Å²) in [6, 6.07) is 20.2. The van der Waals surface area contributed by atoms with Crippen LogP contribution < -0.4 is 0 Å². The molecule has 1 aliphatic rings. The van der Waals surface area contributed by atoms with Gasteiger partial charge in [0.05, 0.1) is 19.8 Å². The van der Waals surface area contributed by atoms with Gasteiger partial charge in [-0.3, -0.25) is 0 Å². The van der Waals surface area contributed by atoms with E-state index < -0.39 is 20.7 Å². The van der Waals surface area contributed by atoms with Crippen LogP contribution in [0.3, 0.4) is 0 Å². The molecule has 1 saturated heterocycles. The van der Waals surface area contributed by atoms with Gasteiger partial charge in [-0.2, -0.15) is 0 Å². The van der Waals surface area contributed by atoms with Gasteiger partial charge in [0.25, 0.3) is 0 Å². The molecule has 0 spiro atoms. The van der Waals surface area contributed by atoms with Crippen LogP contribution in [0.25, 0.3) is 0 Å². The highest BCUT2D eigenvalue weighted by Gasteiger charge is 2.50. The summed E-state index contributed by atoms with van der Waals surface area (Å²) in [6.45, 7) is 15.2. The van der Waals surface area contributed by atoms with Gasteiger partial charge in [0, 0.05) is 0 Å². The van der Waals surface area contributed by atoms with Gasteiger partial charge in [-0.15, -0.1) is 6.42 Å². The highest BCUT2D eigenvalue weighted by molar-refractivity contribution is 6.77. The van der Waals surface area contributed by atoms with E-state index in [1.807, 2.05) is 48.5 Å². The molecule has 4 atom stereocenters.